The van der Waals surface area contributed by atoms with E-state index in [9.17, 15) is 8.78 Å². The van der Waals surface area contributed by atoms with Gasteiger partial charge in [0.15, 0.2) is 11.8 Å². The molecular weight excluding hydrogens is 418 g/mol. The lowest BCUT2D eigenvalue weighted by Gasteiger charge is -2.15. The molecule has 170 valence electrons. The highest BCUT2D eigenvalue weighted by molar-refractivity contribution is 5.79. The molecule has 0 radical (unpaired) electrons. The van der Waals surface area contributed by atoms with Crippen LogP contribution in [-0.4, -0.2) is 34.4 Å². The molecule has 8 nitrogen and oxygen atoms in total. The minimum atomic E-state index is -2.89. The molecule has 0 spiro atoms. The van der Waals surface area contributed by atoms with Crippen LogP contribution in [0.2, 0.25) is 0 Å². The average Bonchev–Trinajstić information content (AvgIpc) is 3.11. The SMILES string of the molecule is COc1ccc(CN=C(NCc2ccccc2OC(F)F)NCc2nnc(C)n2C)cc1. The summed E-state index contributed by atoms with van der Waals surface area (Å²) in [7, 11) is 3.49. The van der Waals surface area contributed by atoms with Crippen molar-refractivity contribution in [2.24, 2.45) is 12.0 Å². The zero-order valence-corrected chi connectivity index (χ0v) is 18.2. The summed E-state index contributed by atoms with van der Waals surface area (Å²) in [5.41, 5.74) is 1.57. The highest BCUT2D eigenvalue weighted by Crippen LogP contribution is 2.20. The monoisotopic (exact) mass is 444 g/mol. The fourth-order valence-corrected chi connectivity index (χ4v) is 2.88. The van der Waals surface area contributed by atoms with E-state index in [1.165, 1.54) is 6.07 Å². The fraction of sp³-hybridized carbons (Fsp3) is 0.318. The Kier molecular flexibility index (Phi) is 7.96. The molecule has 10 heteroatoms. The Labute approximate surface area is 185 Å². The van der Waals surface area contributed by atoms with Crippen LogP contribution >= 0.6 is 0 Å². The van der Waals surface area contributed by atoms with Gasteiger partial charge in [-0.15, -0.1) is 10.2 Å². The number of aryl methyl sites for hydroxylation is 1. The van der Waals surface area contributed by atoms with Gasteiger partial charge >= 0.3 is 6.61 Å². The predicted octanol–water partition coefficient (Wildman–Crippen LogP) is 3.17. The molecule has 0 bridgehead atoms. The van der Waals surface area contributed by atoms with Crippen molar-refractivity contribution in [3.05, 3.63) is 71.3 Å². The topological polar surface area (TPSA) is 85.6 Å². The maximum absolute atomic E-state index is 12.7. The van der Waals surface area contributed by atoms with E-state index in [2.05, 4.69) is 30.6 Å². The van der Waals surface area contributed by atoms with Gasteiger partial charge in [0, 0.05) is 19.2 Å². The molecule has 1 heterocycles. The smallest absolute Gasteiger partial charge is 0.387 e. The van der Waals surface area contributed by atoms with Crippen molar-refractivity contribution in [2.75, 3.05) is 7.11 Å². The average molecular weight is 444 g/mol. The molecule has 0 aliphatic heterocycles. The van der Waals surface area contributed by atoms with Crippen molar-refractivity contribution >= 4 is 5.96 Å². The van der Waals surface area contributed by atoms with E-state index in [0.29, 0.717) is 24.6 Å². The van der Waals surface area contributed by atoms with E-state index < -0.39 is 6.61 Å². The number of nitrogens with one attached hydrogen (secondary N) is 2. The van der Waals surface area contributed by atoms with Crippen LogP contribution in [0.1, 0.15) is 22.8 Å². The molecule has 0 atom stereocenters. The Morgan fingerprint density at radius 1 is 1.06 bits per heavy atom. The number of ether oxygens (including phenoxy) is 2. The van der Waals surface area contributed by atoms with Crippen LogP contribution in [0.5, 0.6) is 11.5 Å². The van der Waals surface area contributed by atoms with Crippen molar-refractivity contribution < 1.29 is 18.3 Å². The van der Waals surface area contributed by atoms with Crippen molar-refractivity contribution in [1.82, 2.24) is 25.4 Å². The van der Waals surface area contributed by atoms with Crippen LogP contribution in [0, 0.1) is 6.92 Å². The third kappa shape index (κ3) is 6.40. The predicted molar refractivity (Wildman–Crippen MR) is 117 cm³/mol. The molecule has 0 saturated heterocycles. The van der Waals surface area contributed by atoms with E-state index >= 15 is 0 Å². The Bertz CT molecular complexity index is 1040. The van der Waals surface area contributed by atoms with Crippen LogP contribution < -0.4 is 20.1 Å². The molecule has 2 N–H and O–H groups in total. The van der Waals surface area contributed by atoms with E-state index in [1.54, 1.807) is 25.3 Å². The number of alkyl halides is 2. The maximum Gasteiger partial charge on any atom is 0.387 e. The number of methoxy groups -OCH3 is 1. The molecule has 0 aliphatic rings. The molecular formula is C22H26F2N6O2. The minimum absolute atomic E-state index is 0.119. The zero-order chi connectivity index (χ0) is 22.9. The molecule has 2 aromatic carbocycles. The Hall–Kier alpha value is -3.69. The first kappa shape index (κ1) is 23.0. The van der Waals surface area contributed by atoms with Gasteiger partial charge in [0.25, 0.3) is 0 Å². The number of halogens is 2. The van der Waals surface area contributed by atoms with Gasteiger partial charge in [0.05, 0.1) is 20.2 Å². The van der Waals surface area contributed by atoms with Crippen LogP contribution in [0.15, 0.2) is 53.5 Å². The number of rotatable bonds is 9. The van der Waals surface area contributed by atoms with E-state index in [4.69, 9.17) is 4.74 Å². The highest BCUT2D eigenvalue weighted by Gasteiger charge is 2.11. The summed E-state index contributed by atoms with van der Waals surface area (Å²) < 4.78 is 37.1. The fourth-order valence-electron chi connectivity index (χ4n) is 2.88. The Balaban J connectivity index is 1.72. The molecule has 0 unspecified atom stereocenters. The lowest BCUT2D eigenvalue weighted by Crippen LogP contribution is -2.37. The summed E-state index contributed by atoms with van der Waals surface area (Å²) >= 11 is 0. The first-order valence-electron chi connectivity index (χ1n) is 9.99. The molecule has 3 rings (SSSR count). The molecule has 1 aromatic heterocycles. The van der Waals surface area contributed by atoms with E-state index in [0.717, 1.165) is 23.0 Å². The second kappa shape index (κ2) is 11.1. The van der Waals surface area contributed by atoms with Gasteiger partial charge in [0.1, 0.15) is 17.3 Å². The maximum atomic E-state index is 12.7. The zero-order valence-electron chi connectivity index (χ0n) is 18.2. The van der Waals surface area contributed by atoms with Gasteiger partial charge in [-0.2, -0.15) is 8.78 Å². The summed E-state index contributed by atoms with van der Waals surface area (Å²) in [6.07, 6.45) is 0. The first-order valence-corrected chi connectivity index (χ1v) is 9.99. The third-order valence-electron chi connectivity index (χ3n) is 4.81. The second-order valence-electron chi connectivity index (χ2n) is 6.93. The van der Waals surface area contributed by atoms with Crippen LogP contribution in [0.4, 0.5) is 8.78 Å². The highest BCUT2D eigenvalue weighted by atomic mass is 19.3. The van der Waals surface area contributed by atoms with Crippen molar-refractivity contribution in [1.29, 1.82) is 0 Å². The molecule has 0 amide bonds. The van der Waals surface area contributed by atoms with Crippen molar-refractivity contribution in [3.63, 3.8) is 0 Å². The van der Waals surface area contributed by atoms with Gasteiger partial charge in [-0.1, -0.05) is 30.3 Å². The van der Waals surface area contributed by atoms with Gasteiger partial charge < -0.3 is 24.7 Å². The number of hydrogen-bond donors (Lipinski definition) is 2. The van der Waals surface area contributed by atoms with Crippen LogP contribution in [0.3, 0.4) is 0 Å². The minimum Gasteiger partial charge on any atom is -0.497 e. The number of aliphatic imine (C=N–C) groups is 1. The van der Waals surface area contributed by atoms with Crippen LogP contribution in [-0.2, 0) is 26.7 Å². The molecule has 3 aromatic rings. The summed E-state index contributed by atoms with van der Waals surface area (Å²) in [5.74, 6) is 2.91. The lowest BCUT2D eigenvalue weighted by atomic mass is 10.2. The number of nitrogens with zero attached hydrogens (tertiary/aromatic N) is 4. The molecule has 32 heavy (non-hydrogen) atoms. The normalized spacial score (nSPS) is 11.5. The second-order valence-corrected chi connectivity index (χ2v) is 6.93. The Morgan fingerprint density at radius 3 is 2.44 bits per heavy atom. The van der Waals surface area contributed by atoms with E-state index in [-0.39, 0.29) is 12.3 Å². The summed E-state index contributed by atoms with van der Waals surface area (Å²) in [4.78, 5) is 4.61. The molecule has 0 fully saturated rings. The number of guanidine groups is 1. The van der Waals surface area contributed by atoms with Gasteiger partial charge in [-0.05, 0) is 30.7 Å². The molecule has 0 saturated carbocycles. The van der Waals surface area contributed by atoms with E-state index in [1.807, 2.05) is 42.8 Å². The summed E-state index contributed by atoms with van der Waals surface area (Å²) in [6, 6.07) is 14.2. The number of para-hydroxylation sites is 1. The van der Waals surface area contributed by atoms with Gasteiger partial charge in [-0.3, -0.25) is 0 Å². The molecule has 0 aliphatic carbocycles. The van der Waals surface area contributed by atoms with Gasteiger partial charge in [-0.25, -0.2) is 4.99 Å². The van der Waals surface area contributed by atoms with Crippen LogP contribution in [0.25, 0.3) is 0 Å². The first-order chi connectivity index (χ1) is 15.5. The third-order valence-corrected chi connectivity index (χ3v) is 4.81. The van der Waals surface area contributed by atoms with Crippen molar-refractivity contribution in [2.45, 2.75) is 33.2 Å². The lowest BCUT2D eigenvalue weighted by molar-refractivity contribution is -0.0504. The van der Waals surface area contributed by atoms with Gasteiger partial charge in [0.2, 0.25) is 0 Å². The Morgan fingerprint density at radius 2 is 1.78 bits per heavy atom. The summed E-state index contributed by atoms with van der Waals surface area (Å²) in [5, 5.41) is 14.6. The van der Waals surface area contributed by atoms with Crippen molar-refractivity contribution in [3.8, 4) is 11.5 Å². The quantitative estimate of drug-likeness (QED) is 0.390. The largest absolute Gasteiger partial charge is 0.497 e. The number of hydrogen-bond acceptors (Lipinski definition) is 5. The summed E-state index contributed by atoms with van der Waals surface area (Å²) in [6.45, 7) is 0.0206. The number of aromatic nitrogens is 3. The number of benzene rings is 2. The standard InChI is InChI=1S/C22H26F2N6O2/c1-15-28-29-20(30(15)2)14-27-22(25-12-16-8-10-18(31-3)11-9-16)26-13-17-6-4-5-7-19(17)32-21(23)24/h4-11,21H,12-14H2,1-3H3,(H2,25,26,27).